The van der Waals surface area contributed by atoms with E-state index in [1.54, 1.807) is 31.4 Å². The minimum atomic E-state index is 0. The predicted molar refractivity (Wildman–Crippen MR) is 81.7 cm³/mol. The molecule has 0 heterocycles. The molecule has 0 amide bonds. The van der Waals surface area contributed by atoms with Gasteiger partial charge in [-0.2, -0.15) is 0 Å². The first-order valence-electron chi connectivity index (χ1n) is 6.85. The fourth-order valence-corrected chi connectivity index (χ4v) is 2.34. The molecule has 0 aromatic heterocycles. The molecule has 22 heavy (non-hydrogen) atoms. The van der Waals surface area contributed by atoms with Crippen LogP contribution in [0, 0.1) is 0 Å². The van der Waals surface area contributed by atoms with Crippen molar-refractivity contribution in [3.63, 3.8) is 0 Å². The third-order valence-electron chi connectivity index (χ3n) is 3.40. The summed E-state index contributed by atoms with van der Waals surface area (Å²) in [6.45, 7) is 0. The molecular weight excluding hydrogens is 531 g/mol. The Kier molecular flexibility index (Phi) is 12.0. The molecule has 0 bridgehead atoms. The van der Waals surface area contributed by atoms with E-state index in [-0.39, 0.29) is 79.3 Å². The number of hydrogen-bond donors (Lipinski definition) is 1. The van der Waals surface area contributed by atoms with E-state index in [1.807, 2.05) is 18.2 Å². The van der Waals surface area contributed by atoms with E-state index in [0.717, 1.165) is 12.2 Å². The van der Waals surface area contributed by atoms with Crippen LogP contribution in [0.5, 0.6) is 11.5 Å². The molecule has 0 aliphatic heterocycles. The van der Waals surface area contributed by atoms with E-state index >= 15 is 0 Å². The van der Waals surface area contributed by atoms with Crippen molar-refractivity contribution in [2.75, 3.05) is 7.11 Å². The summed E-state index contributed by atoms with van der Waals surface area (Å²) in [5.41, 5.74) is 10.4. The molecule has 0 unspecified atom stereocenters. The van der Waals surface area contributed by atoms with Crippen molar-refractivity contribution in [3.8, 4) is 11.5 Å². The number of aryl methyl sites for hydroxylation is 2. The van der Waals surface area contributed by atoms with E-state index in [2.05, 4.69) is 0 Å². The number of phenolic OH excluding ortho intramolecular Hbond substituents is 1. The average molecular weight is 551 g/mol. The molecule has 0 spiro atoms. The molecule has 0 atom stereocenters. The van der Waals surface area contributed by atoms with Crippen molar-refractivity contribution in [2.45, 2.75) is 25.7 Å². The molecule has 2 aromatic rings. The Balaban J connectivity index is 0.000000374. The van der Waals surface area contributed by atoms with Gasteiger partial charge in [0, 0.05) is 21.1 Å². The number of methoxy groups -OCH3 is 1. The standard InChI is InChI=1S/C10H12O.C7H8NO.Pt.Rb/c11-10-6-5-8-3-1-2-4-9(8)7-10;1-9-7-4-2-3-6(8)5-7;;/h5-7,11H,1-4H2;2-5,8H,1H3;;/q;-1;;+1. The van der Waals surface area contributed by atoms with Gasteiger partial charge in [0.05, 0.1) is 7.11 Å². The van der Waals surface area contributed by atoms with Gasteiger partial charge in [0.25, 0.3) is 0 Å². The van der Waals surface area contributed by atoms with Crippen LogP contribution in [0.25, 0.3) is 5.73 Å². The normalized spacial score (nSPS) is 11.7. The third-order valence-corrected chi connectivity index (χ3v) is 3.40. The molecule has 0 radical (unpaired) electrons. The summed E-state index contributed by atoms with van der Waals surface area (Å²) >= 11 is 0. The van der Waals surface area contributed by atoms with Gasteiger partial charge in [0.2, 0.25) is 0 Å². The van der Waals surface area contributed by atoms with Gasteiger partial charge >= 0.3 is 58.2 Å². The number of phenols is 1. The van der Waals surface area contributed by atoms with Crippen molar-refractivity contribution in [3.05, 3.63) is 59.3 Å². The fourth-order valence-electron chi connectivity index (χ4n) is 2.34. The van der Waals surface area contributed by atoms with Crippen molar-refractivity contribution in [1.29, 1.82) is 0 Å². The molecule has 0 saturated carbocycles. The zero-order chi connectivity index (χ0) is 14.4. The molecule has 0 fully saturated rings. The van der Waals surface area contributed by atoms with Crippen LogP contribution in [0.1, 0.15) is 24.0 Å². The van der Waals surface area contributed by atoms with Gasteiger partial charge in [-0.3, -0.25) is 0 Å². The Hall–Kier alpha value is 0.334. The van der Waals surface area contributed by atoms with Crippen molar-refractivity contribution < 1.29 is 89.1 Å². The first-order chi connectivity index (χ1) is 9.69. The van der Waals surface area contributed by atoms with Gasteiger partial charge in [-0.15, -0.1) is 5.69 Å². The Bertz CT molecular complexity index is 578. The number of hydrogen-bond acceptors (Lipinski definition) is 2. The molecule has 2 aromatic carbocycles. The topological polar surface area (TPSA) is 53.3 Å². The van der Waals surface area contributed by atoms with Gasteiger partial charge < -0.3 is 15.6 Å². The SMILES string of the molecule is COc1cccc([NH-])c1.Oc1ccc2c(c1)CCCC2.[Pt].[Rb+]. The van der Waals surface area contributed by atoms with Gasteiger partial charge in [0.1, 0.15) is 11.5 Å². The number of aromatic hydroxyl groups is 1. The second-order valence-corrected chi connectivity index (χ2v) is 4.89. The maximum Gasteiger partial charge on any atom is 1.00 e. The largest absolute Gasteiger partial charge is 1.00 e. The zero-order valence-corrected chi connectivity index (χ0v) is 20.2. The van der Waals surface area contributed by atoms with Gasteiger partial charge in [-0.1, -0.05) is 18.2 Å². The van der Waals surface area contributed by atoms with Crippen LogP contribution in [0.15, 0.2) is 42.5 Å². The number of ether oxygens (including phenoxy) is 1. The van der Waals surface area contributed by atoms with Crippen LogP contribution in [0.3, 0.4) is 0 Å². The van der Waals surface area contributed by atoms with Crippen molar-refractivity contribution in [2.24, 2.45) is 0 Å². The maximum atomic E-state index is 9.19. The fraction of sp³-hybridized carbons (Fsp3) is 0.294. The summed E-state index contributed by atoms with van der Waals surface area (Å²) in [6, 6.07) is 12.7. The summed E-state index contributed by atoms with van der Waals surface area (Å²) in [6.07, 6.45) is 4.91. The summed E-state index contributed by atoms with van der Waals surface area (Å²) < 4.78 is 4.88. The molecule has 2 N–H and O–H groups in total. The molecule has 116 valence electrons. The molecular formula is C17H20NO2PtRb. The minimum Gasteiger partial charge on any atom is -0.699 e. The van der Waals surface area contributed by atoms with Crippen LogP contribution < -0.4 is 62.9 Å². The van der Waals surface area contributed by atoms with Crippen LogP contribution in [0.2, 0.25) is 0 Å². The molecule has 0 saturated heterocycles. The average Bonchev–Trinajstić information content (AvgIpc) is 2.47. The van der Waals surface area contributed by atoms with Crippen LogP contribution >= 0.6 is 0 Å². The molecule has 1 aliphatic carbocycles. The Morgan fingerprint density at radius 1 is 1.00 bits per heavy atom. The Morgan fingerprint density at radius 3 is 2.27 bits per heavy atom. The summed E-state index contributed by atoms with van der Waals surface area (Å²) in [7, 11) is 1.59. The van der Waals surface area contributed by atoms with E-state index < -0.39 is 0 Å². The van der Waals surface area contributed by atoms with Crippen LogP contribution in [0.4, 0.5) is 5.69 Å². The predicted octanol–water partition coefficient (Wildman–Crippen LogP) is 1.65. The van der Waals surface area contributed by atoms with Gasteiger partial charge in [-0.25, -0.2) is 0 Å². The third kappa shape index (κ3) is 7.27. The summed E-state index contributed by atoms with van der Waals surface area (Å²) in [4.78, 5) is 0. The quantitative estimate of drug-likeness (QED) is 0.587. The second kappa shape index (κ2) is 11.8. The minimum absolute atomic E-state index is 0. The maximum absolute atomic E-state index is 9.19. The molecule has 3 nitrogen and oxygen atoms in total. The number of fused-ring (bicyclic) bond motifs is 1. The number of rotatable bonds is 1. The van der Waals surface area contributed by atoms with Crippen molar-refractivity contribution in [1.82, 2.24) is 0 Å². The van der Waals surface area contributed by atoms with Crippen molar-refractivity contribution >= 4 is 5.69 Å². The molecule has 5 heteroatoms. The zero-order valence-electron chi connectivity index (χ0n) is 13.0. The second-order valence-electron chi connectivity index (χ2n) is 4.89. The number of nitrogens with one attached hydrogen (secondary N) is 1. The first-order valence-corrected chi connectivity index (χ1v) is 6.85. The summed E-state index contributed by atoms with van der Waals surface area (Å²) in [5, 5.41) is 9.19. The van der Waals surface area contributed by atoms with E-state index in [1.165, 1.54) is 30.4 Å². The number of benzene rings is 2. The Labute approximate surface area is 195 Å². The first kappa shape index (κ1) is 22.3. The van der Waals surface area contributed by atoms with Gasteiger partial charge in [-0.05, 0) is 61.1 Å². The van der Waals surface area contributed by atoms with Crippen LogP contribution in [-0.4, -0.2) is 12.2 Å². The Morgan fingerprint density at radius 2 is 1.68 bits per heavy atom. The summed E-state index contributed by atoms with van der Waals surface area (Å²) in [5.74, 6) is 1.15. The van der Waals surface area contributed by atoms with Gasteiger partial charge in [0.15, 0.2) is 0 Å². The van der Waals surface area contributed by atoms with E-state index in [0.29, 0.717) is 11.4 Å². The molecule has 3 rings (SSSR count). The smallest absolute Gasteiger partial charge is 0.699 e. The monoisotopic (exact) mass is 550 g/mol. The van der Waals surface area contributed by atoms with E-state index in [4.69, 9.17) is 10.5 Å². The van der Waals surface area contributed by atoms with Crippen LogP contribution in [-0.2, 0) is 33.9 Å². The molecule has 1 aliphatic rings. The van der Waals surface area contributed by atoms with E-state index in [9.17, 15) is 5.11 Å².